The molecule has 5 aliphatic rings. The Morgan fingerprint density at radius 2 is 0.686 bits per heavy atom. The van der Waals surface area contributed by atoms with Gasteiger partial charge in [-0.2, -0.15) is 52.7 Å². The van der Waals surface area contributed by atoms with Gasteiger partial charge in [-0.3, -0.25) is 88.8 Å². The quantitative estimate of drug-likeness (QED) is 0.0332. The molecule has 0 bridgehead atoms. The fourth-order valence-electron chi connectivity index (χ4n) is 15.4. The Morgan fingerprint density at radius 3 is 0.986 bits per heavy atom. The Balaban J connectivity index is 0.000000168. The van der Waals surface area contributed by atoms with Crippen LogP contribution in [0, 0.1) is 0 Å². The van der Waals surface area contributed by atoms with Crippen LogP contribution in [-0.4, -0.2) is 140 Å². The fourth-order valence-corrected chi connectivity index (χ4v) is 15.4. The van der Waals surface area contributed by atoms with Crippen LogP contribution in [0.2, 0.25) is 0 Å². The van der Waals surface area contributed by atoms with Crippen LogP contribution in [-0.2, 0) is 107 Å². The molecule has 5 N–H and O–H groups in total. The van der Waals surface area contributed by atoms with Gasteiger partial charge >= 0.3 is 24.7 Å². The molecule has 750 valence electrons. The molecule has 5 saturated heterocycles. The molecule has 10 heterocycles. The minimum absolute atomic E-state index is 0.108. The first-order valence-electron chi connectivity index (χ1n) is 44.4. The van der Waals surface area contributed by atoms with Crippen LogP contribution < -0.4 is 45.8 Å². The Labute approximate surface area is 793 Å². The molecule has 140 heavy (non-hydrogen) atoms. The van der Waals surface area contributed by atoms with E-state index in [0.717, 1.165) is 60.6 Å². The van der Waals surface area contributed by atoms with Gasteiger partial charge in [-0.1, -0.05) is 114 Å². The van der Waals surface area contributed by atoms with Crippen LogP contribution in [0.1, 0.15) is 221 Å². The van der Waals surface area contributed by atoms with Gasteiger partial charge in [-0.25, -0.2) is 4.39 Å². The number of rotatable bonds is 25. The molecular weight excluding hydrogens is 1870 g/mol. The lowest BCUT2D eigenvalue weighted by Gasteiger charge is -2.24. The zero-order valence-electron chi connectivity index (χ0n) is 77.9. The van der Waals surface area contributed by atoms with E-state index in [2.05, 4.69) is 47.1 Å². The lowest BCUT2D eigenvalue weighted by Crippen LogP contribution is -2.41. The average molecular weight is 1970 g/mol. The van der Waals surface area contributed by atoms with E-state index in [1.54, 1.807) is 75.6 Å². The maximum atomic E-state index is 12.8. The van der Waals surface area contributed by atoms with Crippen LogP contribution in [0.5, 0.6) is 0 Å². The fraction of sp³-hybridized carbons (Fsp3) is 0.427. The Hall–Kier alpha value is -13.9. The highest BCUT2D eigenvalue weighted by molar-refractivity contribution is 6.11. The number of nitrogens with one attached hydrogen (secondary N) is 4. The average Bonchev–Trinajstić information content (AvgIpc) is 1.86. The second kappa shape index (κ2) is 44.0. The van der Waals surface area contributed by atoms with Gasteiger partial charge in [0.05, 0.1) is 76.4 Å². The van der Waals surface area contributed by atoms with Crippen molar-refractivity contribution in [2.24, 2.45) is 0 Å². The zero-order chi connectivity index (χ0) is 103. The number of methoxy groups -OCH3 is 1. The maximum Gasteiger partial charge on any atom is 0.416 e. The number of carbonyl (C=O) groups excluding carboxylic acids is 10. The minimum Gasteiger partial charge on any atom is -0.395 e. The van der Waals surface area contributed by atoms with Crippen molar-refractivity contribution in [3.63, 3.8) is 0 Å². The second-order valence-corrected chi connectivity index (χ2v) is 36.3. The molecule has 9 amide bonds. The van der Waals surface area contributed by atoms with Crippen LogP contribution >= 0.6 is 0 Å². The number of aromatic nitrogens is 5. The zero-order valence-corrected chi connectivity index (χ0v) is 77.9. The first-order valence-corrected chi connectivity index (χ1v) is 44.4. The van der Waals surface area contributed by atoms with Crippen molar-refractivity contribution in [3.05, 3.63) is 214 Å². The molecule has 5 aliphatic heterocycles. The summed E-state index contributed by atoms with van der Waals surface area (Å²) < 4.78 is 197. The Bertz CT molecular complexity index is 6020. The number of nitrogens with zero attached hydrogens (tertiary/aromatic N) is 10. The van der Waals surface area contributed by atoms with Gasteiger partial charge < -0.3 is 37.4 Å². The maximum absolute atomic E-state index is 12.8. The second-order valence-electron chi connectivity index (χ2n) is 36.3. The summed E-state index contributed by atoms with van der Waals surface area (Å²) in [5, 5.41) is 39.4. The number of halogens is 13. The lowest BCUT2D eigenvalue weighted by molar-refractivity contribution is -0.138. The minimum atomic E-state index is -4.48. The number of anilines is 9. The first kappa shape index (κ1) is 107. The summed E-state index contributed by atoms with van der Waals surface area (Å²) >= 11 is 0. The first-order chi connectivity index (χ1) is 65.7. The highest BCUT2D eigenvalue weighted by Crippen LogP contribution is 2.41. The van der Waals surface area contributed by atoms with Crippen molar-refractivity contribution >= 4 is 111 Å². The molecule has 0 spiro atoms. The van der Waals surface area contributed by atoms with E-state index in [4.69, 9.17) is 27.4 Å². The number of alkyl halides is 13. The summed E-state index contributed by atoms with van der Waals surface area (Å²) in [6.45, 7) is 20.8. The molecule has 5 aromatic heterocycles. The number of aliphatic hydroxyl groups is 1. The monoisotopic (exact) mass is 1970 g/mol. The molecule has 5 aromatic carbocycles. The van der Waals surface area contributed by atoms with Crippen molar-refractivity contribution in [3.8, 4) is 0 Å². The number of hydrogen-bond acceptors (Lipinski definition) is 22. The van der Waals surface area contributed by atoms with Gasteiger partial charge in [-0.15, -0.1) is 0 Å². The molecule has 5 fully saturated rings. The van der Waals surface area contributed by atoms with E-state index >= 15 is 0 Å². The Morgan fingerprint density at radius 1 is 0.400 bits per heavy atom. The van der Waals surface area contributed by atoms with Crippen LogP contribution in [0.15, 0.2) is 174 Å². The summed E-state index contributed by atoms with van der Waals surface area (Å²) in [5.41, 5.74) is 0.733. The van der Waals surface area contributed by atoms with Gasteiger partial charge in [0.1, 0.15) is 36.6 Å². The predicted octanol–water partition coefficient (Wildman–Crippen LogP) is 18.9. The summed E-state index contributed by atoms with van der Waals surface area (Å²) in [4.78, 5) is 131. The van der Waals surface area contributed by atoms with Crippen molar-refractivity contribution in [2.45, 2.75) is 243 Å². The van der Waals surface area contributed by atoms with Crippen LogP contribution in [0.3, 0.4) is 0 Å². The largest absolute Gasteiger partial charge is 0.416 e. The highest BCUT2D eigenvalue weighted by atomic mass is 19.4. The number of carbonyl (C=O) groups is 10. The van der Waals surface area contributed by atoms with E-state index in [1.165, 1.54) is 73.0 Å². The normalized spacial score (nSPS) is 17.8. The number of hydrogen-bond donors (Lipinski definition) is 5. The molecule has 0 aliphatic carbocycles. The van der Waals surface area contributed by atoms with Crippen molar-refractivity contribution in [1.82, 2.24) is 25.8 Å². The molecule has 0 radical (unpaired) electrons. The molecule has 44 heteroatoms. The predicted molar refractivity (Wildman–Crippen MR) is 482 cm³/mol. The summed E-state index contributed by atoms with van der Waals surface area (Å²) in [7, 11) is 1.57. The number of aliphatic hydroxyl groups excluding tert-OH is 1. The third kappa shape index (κ3) is 26.3. The van der Waals surface area contributed by atoms with Gasteiger partial charge in [0.25, 0.3) is 0 Å². The number of Topliss-reactive ketones (excluding diaryl/α,β-unsaturated/α-hetero) is 1. The number of ketones is 1. The van der Waals surface area contributed by atoms with E-state index in [9.17, 15) is 110 Å². The van der Waals surface area contributed by atoms with Gasteiger partial charge in [0.2, 0.25) is 76.7 Å². The number of benzene rings is 5. The standard InChI is InChI=1S/C20H22F3N3O4.C20H21F3N2O4.C19H20F3N3O3.C19H22FN3O3.C18H18F3N3O3/c1-19(2,11-29-3)15-10-16(30-25-15)24-18(28)14-8-9-17(27)26(14)13-6-4-12(5-7-13)20(21,22)23;1-19(2,11-26)17-10-14(29-24-17)9-16(27)15-7-8-18(28)25(15)13-5-3-12(4-6-13)20(21,22)23;1-3-11(2)14-10-16(28-24-14)23-18(27)15-8-9-17(26)25(15)13-6-4-12(5-7-13)19(20,21)22;1-19(2,3)15-10-16(26-22-15)21-18(25)14-8-9-17(24)23(14)13-6-4-12(11-20)5-7-13;1-10(2)13-9-15(27-23-13)22-17(26)14-7-8-16(25)24(14)12-5-3-11(4-6-12)18(19,20)21/h4-7,10,14H,8-9,11H2,1-3H3,(H,24,28);3-6,10,15,26H,7-9,11H2,1-2H3;4-7,10-11,15H,3,8-9H2,1-2H3,(H,23,27);4-7,10,14H,8-9,11H2,1-3H3,(H,21,25);3-6,9-10,14H,7-8H2,1-2H3,(H,22,26)/t14-;15-;11?,15-;2*14-/m00000/s1. The lowest BCUT2D eigenvalue weighted by atomic mass is 9.90. The molecular formula is C96H103F13N14O17. The molecule has 6 atom stereocenters. The van der Waals surface area contributed by atoms with Crippen LogP contribution in [0.4, 0.5) is 109 Å². The van der Waals surface area contributed by atoms with Crippen molar-refractivity contribution in [1.29, 1.82) is 0 Å². The van der Waals surface area contributed by atoms with Crippen molar-refractivity contribution in [2.75, 3.05) is 66.1 Å². The van der Waals surface area contributed by atoms with Gasteiger partial charge in [-0.05, 0) is 159 Å². The highest BCUT2D eigenvalue weighted by Gasteiger charge is 2.46. The third-order valence-corrected chi connectivity index (χ3v) is 23.6. The number of amides is 9. The van der Waals surface area contributed by atoms with E-state index < -0.39 is 112 Å². The van der Waals surface area contributed by atoms with Crippen LogP contribution in [0.25, 0.3) is 0 Å². The number of ether oxygens (including phenoxy) is 1. The van der Waals surface area contributed by atoms with E-state index in [-0.39, 0.29) is 176 Å². The molecule has 10 aromatic rings. The molecule has 0 saturated carbocycles. The summed E-state index contributed by atoms with van der Waals surface area (Å²) in [6.07, 6.45) is -14.9. The molecule has 1 unspecified atom stereocenters. The van der Waals surface area contributed by atoms with Crippen molar-refractivity contribution < 1.29 is 137 Å². The van der Waals surface area contributed by atoms with E-state index in [1.807, 2.05) is 62.3 Å². The Kier molecular flexibility index (Phi) is 33.5. The summed E-state index contributed by atoms with van der Waals surface area (Å²) in [5.74, 6) is -2.21. The third-order valence-electron chi connectivity index (χ3n) is 23.6. The van der Waals surface area contributed by atoms with E-state index in [0.29, 0.717) is 52.8 Å². The summed E-state index contributed by atoms with van der Waals surface area (Å²) in [6, 6.07) is 27.3. The smallest absolute Gasteiger partial charge is 0.395 e. The SMILES string of the molecule is CC(C)(C)c1cc(NC(=O)[C@@H]2CCC(=O)N2c2ccc(CF)cc2)on1.CC(C)(CO)c1cc(CC(=O)[C@@H]2CCC(=O)N2c2ccc(C(F)(F)F)cc2)on1.CC(C)c1cc(NC(=O)[C@@H]2CCC(=O)N2c2ccc(C(F)(F)F)cc2)on1.CCC(C)c1cc(NC(=O)[C@@H]2CCC(=O)N2c2ccc(C(F)(F)F)cc2)on1.COCC(C)(C)c1cc(NC(=O)[C@@H]2CCC(=O)N2c2ccc(C(F)(F)F)cc2)on1. The topological polar surface area (TPSA) is 395 Å². The molecule has 31 nitrogen and oxygen atoms in total. The van der Waals surface area contributed by atoms with Gasteiger partial charge in [0, 0.05) is 120 Å². The molecule has 15 rings (SSSR count). The van der Waals surface area contributed by atoms with Gasteiger partial charge in [0.15, 0.2) is 5.78 Å².